The predicted octanol–water partition coefficient (Wildman–Crippen LogP) is 0.263. The van der Waals surface area contributed by atoms with E-state index in [9.17, 15) is 9.59 Å². The minimum atomic E-state index is -0.548. The molecule has 6 nitrogen and oxygen atoms in total. The van der Waals surface area contributed by atoms with E-state index in [1.807, 2.05) is 19.9 Å². The maximum atomic E-state index is 11.7. The van der Waals surface area contributed by atoms with Crippen molar-refractivity contribution in [1.82, 2.24) is 14.9 Å². The van der Waals surface area contributed by atoms with Gasteiger partial charge in [-0.3, -0.25) is 14.5 Å². The number of aromatic nitrogens is 2. The van der Waals surface area contributed by atoms with Gasteiger partial charge in [0.1, 0.15) is 6.04 Å². The highest BCUT2D eigenvalue weighted by atomic mass is 16.2. The average Bonchev–Trinajstić information content (AvgIpc) is 2.45. The summed E-state index contributed by atoms with van der Waals surface area (Å²) in [5, 5.41) is 2.90. The monoisotopic (exact) mass is 234 g/mol. The minimum Gasteiger partial charge on any atom is -0.342 e. The highest BCUT2D eigenvalue weighted by molar-refractivity contribution is 6.06. The third-order valence-corrected chi connectivity index (χ3v) is 2.67. The fourth-order valence-electron chi connectivity index (χ4n) is 1.81. The van der Waals surface area contributed by atoms with Crippen molar-refractivity contribution < 1.29 is 9.59 Å². The molecule has 0 radical (unpaired) electrons. The highest BCUT2D eigenvalue weighted by Gasteiger charge is 2.36. The molecule has 6 heteroatoms. The number of carbonyl (C=O) groups is 2. The van der Waals surface area contributed by atoms with Crippen LogP contribution < -0.4 is 5.32 Å². The van der Waals surface area contributed by atoms with Crippen LogP contribution in [0, 0.1) is 13.8 Å². The van der Waals surface area contributed by atoms with Gasteiger partial charge in [-0.1, -0.05) is 0 Å². The Kier molecular flexibility index (Phi) is 2.79. The maximum absolute atomic E-state index is 11.7. The number of imide groups is 1. The lowest BCUT2D eigenvalue weighted by Gasteiger charge is -2.11. The molecule has 1 unspecified atom stereocenters. The number of nitrogens with zero attached hydrogens (tertiary/aromatic N) is 3. The van der Waals surface area contributed by atoms with Gasteiger partial charge in [0.05, 0.1) is 6.42 Å². The van der Waals surface area contributed by atoms with Crippen molar-refractivity contribution in [3.63, 3.8) is 0 Å². The number of carbonyl (C=O) groups excluding carboxylic acids is 2. The molecule has 1 aliphatic heterocycles. The molecule has 0 aliphatic carbocycles. The third-order valence-electron chi connectivity index (χ3n) is 2.67. The van der Waals surface area contributed by atoms with Gasteiger partial charge in [-0.2, -0.15) is 0 Å². The summed E-state index contributed by atoms with van der Waals surface area (Å²) in [6, 6.07) is 1.30. The molecule has 1 aromatic rings. The SMILES string of the molecule is Cc1cc(C)nc(NC2CC(=O)N(C)C2=O)n1. The first-order valence-electron chi connectivity index (χ1n) is 5.36. The molecular formula is C11H14N4O2. The number of nitrogens with one attached hydrogen (secondary N) is 1. The third kappa shape index (κ3) is 2.25. The molecule has 2 rings (SSSR count). The van der Waals surface area contributed by atoms with Crippen LogP contribution in [0.2, 0.25) is 0 Å². The van der Waals surface area contributed by atoms with Crippen molar-refractivity contribution in [1.29, 1.82) is 0 Å². The minimum absolute atomic E-state index is 0.158. The highest BCUT2D eigenvalue weighted by Crippen LogP contribution is 2.15. The van der Waals surface area contributed by atoms with Crippen LogP contribution in [0.5, 0.6) is 0 Å². The summed E-state index contributed by atoms with van der Waals surface area (Å²) in [5.41, 5.74) is 1.65. The quantitative estimate of drug-likeness (QED) is 0.743. The molecule has 2 heterocycles. The Balaban J connectivity index is 2.16. The van der Waals surface area contributed by atoms with E-state index in [4.69, 9.17) is 0 Å². The Morgan fingerprint density at radius 2 is 1.88 bits per heavy atom. The Bertz CT molecular complexity index is 466. The Morgan fingerprint density at radius 3 is 2.35 bits per heavy atom. The van der Waals surface area contributed by atoms with Crippen molar-refractivity contribution in [2.75, 3.05) is 12.4 Å². The predicted molar refractivity (Wildman–Crippen MR) is 61.3 cm³/mol. The molecule has 0 bridgehead atoms. The molecule has 90 valence electrons. The Hall–Kier alpha value is -1.98. The van der Waals surface area contributed by atoms with Gasteiger partial charge in [0.15, 0.2) is 0 Å². The second-order valence-electron chi connectivity index (χ2n) is 4.17. The molecule has 1 atom stereocenters. The van der Waals surface area contributed by atoms with Gasteiger partial charge in [0.2, 0.25) is 11.9 Å². The molecule has 1 aliphatic rings. The number of amides is 2. The largest absolute Gasteiger partial charge is 0.342 e. The van der Waals surface area contributed by atoms with E-state index in [-0.39, 0.29) is 18.2 Å². The molecule has 17 heavy (non-hydrogen) atoms. The van der Waals surface area contributed by atoms with Crippen LogP contribution >= 0.6 is 0 Å². The van der Waals surface area contributed by atoms with Crippen LogP contribution in [0.15, 0.2) is 6.07 Å². The summed E-state index contributed by atoms with van der Waals surface area (Å²) in [6.45, 7) is 3.71. The number of aryl methyl sites for hydroxylation is 2. The smallest absolute Gasteiger partial charge is 0.252 e. The molecule has 1 saturated heterocycles. The van der Waals surface area contributed by atoms with Gasteiger partial charge in [0, 0.05) is 18.4 Å². The lowest BCUT2D eigenvalue weighted by molar-refractivity contribution is -0.136. The van der Waals surface area contributed by atoms with Gasteiger partial charge >= 0.3 is 0 Å². The van der Waals surface area contributed by atoms with Crippen LogP contribution in [0.3, 0.4) is 0 Å². The first-order chi connectivity index (χ1) is 7.97. The Morgan fingerprint density at radius 1 is 1.29 bits per heavy atom. The zero-order valence-corrected chi connectivity index (χ0v) is 10.0. The fraction of sp³-hybridized carbons (Fsp3) is 0.455. The molecule has 2 amide bonds. The van der Waals surface area contributed by atoms with Crippen molar-refractivity contribution >= 4 is 17.8 Å². The summed E-state index contributed by atoms with van der Waals surface area (Å²) >= 11 is 0. The normalized spacial score (nSPS) is 19.9. The summed E-state index contributed by atoms with van der Waals surface area (Å²) in [6.07, 6.45) is 0.158. The van der Waals surface area contributed by atoms with Gasteiger partial charge in [0.25, 0.3) is 5.91 Å². The summed E-state index contributed by atoms with van der Waals surface area (Å²) < 4.78 is 0. The fourth-order valence-corrected chi connectivity index (χ4v) is 1.81. The van der Waals surface area contributed by atoms with Crippen LogP contribution in [-0.4, -0.2) is 39.8 Å². The van der Waals surface area contributed by atoms with Crippen LogP contribution in [0.1, 0.15) is 17.8 Å². The number of hydrogen-bond donors (Lipinski definition) is 1. The summed E-state index contributed by atoms with van der Waals surface area (Å²) in [5.74, 6) is -0.0291. The van der Waals surface area contributed by atoms with Crippen molar-refractivity contribution in [3.8, 4) is 0 Å². The van der Waals surface area contributed by atoms with E-state index in [2.05, 4.69) is 15.3 Å². The zero-order chi connectivity index (χ0) is 12.6. The van der Waals surface area contributed by atoms with Gasteiger partial charge < -0.3 is 5.32 Å². The maximum Gasteiger partial charge on any atom is 0.252 e. The zero-order valence-electron chi connectivity index (χ0n) is 10.0. The van der Waals surface area contributed by atoms with Crippen molar-refractivity contribution in [3.05, 3.63) is 17.5 Å². The number of likely N-dealkylation sites (tertiary alicyclic amines) is 1. The van der Waals surface area contributed by atoms with E-state index in [0.717, 1.165) is 16.3 Å². The van der Waals surface area contributed by atoms with Gasteiger partial charge in [-0.05, 0) is 19.9 Å². The molecule has 0 spiro atoms. The standard InChI is InChI=1S/C11H14N4O2/c1-6-4-7(2)13-11(12-6)14-8-5-9(16)15(3)10(8)17/h4,8H,5H2,1-3H3,(H,12,13,14). The van der Waals surface area contributed by atoms with Crippen LogP contribution in [0.4, 0.5) is 5.95 Å². The van der Waals surface area contributed by atoms with E-state index in [1.54, 1.807) is 0 Å². The molecule has 1 fully saturated rings. The topological polar surface area (TPSA) is 75.2 Å². The lowest BCUT2D eigenvalue weighted by atomic mass is 10.2. The number of likely N-dealkylation sites (N-methyl/N-ethyl adjacent to an activating group) is 1. The van der Waals surface area contributed by atoms with E-state index < -0.39 is 6.04 Å². The van der Waals surface area contributed by atoms with E-state index >= 15 is 0 Å². The second-order valence-corrected chi connectivity index (χ2v) is 4.17. The number of rotatable bonds is 2. The van der Waals surface area contributed by atoms with Crippen LogP contribution in [0.25, 0.3) is 0 Å². The summed E-state index contributed by atoms with van der Waals surface area (Å²) in [4.78, 5) is 32.5. The van der Waals surface area contributed by atoms with Crippen LogP contribution in [-0.2, 0) is 9.59 Å². The lowest BCUT2D eigenvalue weighted by Crippen LogP contribution is -2.32. The Labute approximate surface area is 99.1 Å². The molecule has 0 aromatic carbocycles. The molecule has 0 saturated carbocycles. The van der Waals surface area contributed by atoms with Crippen molar-refractivity contribution in [2.45, 2.75) is 26.3 Å². The second kappa shape index (κ2) is 4.12. The van der Waals surface area contributed by atoms with E-state index in [0.29, 0.717) is 5.95 Å². The van der Waals surface area contributed by atoms with E-state index in [1.165, 1.54) is 7.05 Å². The molecule has 1 aromatic heterocycles. The average molecular weight is 234 g/mol. The number of anilines is 1. The number of hydrogen-bond acceptors (Lipinski definition) is 5. The van der Waals surface area contributed by atoms with Gasteiger partial charge in [-0.15, -0.1) is 0 Å². The van der Waals surface area contributed by atoms with Crippen molar-refractivity contribution in [2.24, 2.45) is 0 Å². The van der Waals surface area contributed by atoms with Gasteiger partial charge in [-0.25, -0.2) is 9.97 Å². The summed E-state index contributed by atoms with van der Waals surface area (Å²) in [7, 11) is 1.48. The first kappa shape index (κ1) is 11.5. The molecular weight excluding hydrogens is 220 g/mol. The first-order valence-corrected chi connectivity index (χ1v) is 5.36. The molecule has 1 N–H and O–H groups in total.